The van der Waals surface area contributed by atoms with Crippen LogP contribution in [0.2, 0.25) is 5.02 Å². The minimum atomic E-state index is 0.346. The molecule has 1 aromatic rings. The SMILES string of the molecule is CC(C)N(C)c1ccc(Cl)c(CCl)n1. The van der Waals surface area contributed by atoms with E-state index in [2.05, 4.69) is 23.7 Å². The topological polar surface area (TPSA) is 16.1 Å². The van der Waals surface area contributed by atoms with Gasteiger partial charge in [-0.05, 0) is 26.0 Å². The van der Waals surface area contributed by atoms with Crippen LogP contribution in [0.25, 0.3) is 0 Å². The monoisotopic (exact) mass is 232 g/mol. The van der Waals surface area contributed by atoms with Crippen LogP contribution in [0, 0.1) is 0 Å². The zero-order chi connectivity index (χ0) is 10.7. The second-order valence-electron chi connectivity index (χ2n) is 3.44. The predicted octanol–water partition coefficient (Wildman–Crippen LogP) is 3.32. The van der Waals surface area contributed by atoms with Gasteiger partial charge in [0.25, 0.3) is 0 Å². The van der Waals surface area contributed by atoms with Crippen molar-refractivity contribution in [3.8, 4) is 0 Å². The van der Waals surface area contributed by atoms with Crippen molar-refractivity contribution in [3.63, 3.8) is 0 Å². The van der Waals surface area contributed by atoms with Gasteiger partial charge >= 0.3 is 0 Å². The van der Waals surface area contributed by atoms with Crippen LogP contribution in [-0.2, 0) is 5.88 Å². The maximum Gasteiger partial charge on any atom is 0.128 e. The molecule has 0 radical (unpaired) electrons. The molecule has 0 atom stereocenters. The van der Waals surface area contributed by atoms with Gasteiger partial charge in [-0.3, -0.25) is 0 Å². The van der Waals surface area contributed by atoms with Crippen molar-refractivity contribution in [2.24, 2.45) is 0 Å². The molecule has 78 valence electrons. The number of hydrogen-bond acceptors (Lipinski definition) is 2. The molecule has 1 aromatic heterocycles. The quantitative estimate of drug-likeness (QED) is 0.744. The van der Waals surface area contributed by atoms with Crippen LogP contribution in [0.5, 0.6) is 0 Å². The Bertz CT molecular complexity index is 313. The largest absolute Gasteiger partial charge is 0.357 e. The van der Waals surface area contributed by atoms with Crippen molar-refractivity contribution in [2.45, 2.75) is 25.8 Å². The maximum absolute atomic E-state index is 5.92. The van der Waals surface area contributed by atoms with E-state index in [9.17, 15) is 0 Å². The van der Waals surface area contributed by atoms with Gasteiger partial charge in [0, 0.05) is 13.1 Å². The van der Waals surface area contributed by atoms with Crippen molar-refractivity contribution in [1.29, 1.82) is 0 Å². The number of hydrogen-bond donors (Lipinski definition) is 0. The van der Waals surface area contributed by atoms with Crippen LogP contribution in [0.4, 0.5) is 5.82 Å². The third-order valence-electron chi connectivity index (χ3n) is 2.17. The zero-order valence-electron chi connectivity index (χ0n) is 8.59. The standard InChI is InChI=1S/C10H14Cl2N2/c1-7(2)14(3)10-5-4-8(12)9(6-11)13-10/h4-5,7H,6H2,1-3H3. The Morgan fingerprint density at radius 2 is 2.07 bits per heavy atom. The summed E-state index contributed by atoms with van der Waals surface area (Å²) in [6.45, 7) is 4.22. The predicted molar refractivity (Wildman–Crippen MR) is 62.3 cm³/mol. The van der Waals surface area contributed by atoms with Crippen molar-refractivity contribution in [1.82, 2.24) is 4.98 Å². The average Bonchev–Trinajstić information content (AvgIpc) is 2.17. The van der Waals surface area contributed by atoms with Gasteiger partial charge in [-0.1, -0.05) is 11.6 Å². The van der Waals surface area contributed by atoms with Gasteiger partial charge in [-0.2, -0.15) is 0 Å². The van der Waals surface area contributed by atoms with Gasteiger partial charge in [0.05, 0.1) is 16.6 Å². The smallest absolute Gasteiger partial charge is 0.128 e. The Labute approximate surface area is 94.8 Å². The summed E-state index contributed by atoms with van der Waals surface area (Å²) in [5, 5.41) is 0.626. The molecular weight excluding hydrogens is 219 g/mol. The highest BCUT2D eigenvalue weighted by molar-refractivity contribution is 6.32. The van der Waals surface area contributed by atoms with Gasteiger partial charge in [-0.15, -0.1) is 11.6 Å². The minimum absolute atomic E-state index is 0.346. The van der Waals surface area contributed by atoms with Crippen molar-refractivity contribution in [3.05, 3.63) is 22.8 Å². The Morgan fingerprint density at radius 3 is 2.57 bits per heavy atom. The van der Waals surface area contributed by atoms with E-state index in [4.69, 9.17) is 23.2 Å². The maximum atomic E-state index is 5.92. The molecule has 0 N–H and O–H groups in total. The van der Waals surface area contributed by atoms with E-state index in [1.54, 1.807) is 0 Å². The highest BCUT2D eigenvalue weighted by atomic mass is 35.5. The number of halogens is 2. The van der Waals surface area contributed by atoms with Crippen LogP contribution < -0.4 is 4.90 Å². The van der Waals surface area contributed by atoms with Crippen LogP contribution in [0.15, 0.2) is 12.1 Å². The molecule has 0 aliphatic rings. The lowest BCUT2D eigenvalue weighted by Crippen LogP contribution is -2.26. The molecule has 0 aliphatic carbocycles. The van der Waals surface area contributed by atoms with E-state index in [0.717, 1.165) is 11.5 Å². The zero-order valence-corrected chi connectivity index (χ0v) is 10.1. The van der Waals surface area contributed by atoms with E-state index in [1.807, 2.05) is 19.2 Å². The summed E-state index contributed by atoms with van der Waals surface area (Å²) in [6, 6.07) is 4.14. The summed E-state index contributed by atoms with van der Waals surface area (Å²) < 4.78 is 0. The fourth-order valence-electron chi connectivity index (χ4n) is 1.03. The molecule has 0 spiro atoms. The molecule has 1 heterocycles. The van der Waals surface area contributed by atoms with E-state index in [0.29, 0.717) is 16.9 Å². The van der Waals surface area contributed by atoms with Gasteiger partial charge < -0.3 is 4.90 Å². The molecule has 0 saturated heterocycles. The molecule has 0 fully saturated rings. The third kappa shape index (κ3) is 2.52. The Hall–Kier alpha value is -0.470. The van der Waals surface area contributed by atoms with Gasteiger partial charge in [-0.25, -0.2) is 4.98 Å². The van der Waals surface area contributed by atoms with Crippen molar-refractivity contribution < 1.29 is 0 Å². The number of pyridine rings is 1. The molecule has 0 aromatic carbocycles. The molecule has 1 rings (SSSR count). The average molecular weight is 233 g/mol. The van der Waals surface area contributed by atoms with E-state index >= 15 is 0 Å². The lowest BCUT2D eigenvalue weighted by atomic mass is 10.3. The van der Waals surface area contributed by atoms with Crippen LogP contribution in [0.3, 0.4) is 0 Å². The Kier molecular flexibility index (Phi) is 4.02. The second-order valence-corrected chi connectivity index (χ2v) is 4.11. The highest BCUT2D eigenvalue weighted by Gasteiger charge is 2.08. The van der Waals surface area contributed by atoms with E-state index in [-0.39, 0.29) is 0 Å². The number of nitrogens with zero attached hydrogens (tertiary/aromatic N) is 2. The molecule has 0 amide bonds. The van der Waals surface area contributed by atoms with Crippen LogP contribution in [-0.4, -0.2) is 18.1 Å². The highest BCUT2D eigenvalue weighted by Crippen LogP contribution is 2.20. The third-order valence-corrected chi connectivity index (χ3v) is 2.76. The normalized spacial score (nSPS) is 10.7. The van der Waals surface area contributed by atoms with Gasteiger partial charge in [0.1, 0.15) is 5.82 Å². The number of alkyl halides is 1. The Morgan fingerprint density at radius 1 is 1.43 bits per heavy atom. The van der Waals surface area contributed by atoms with Gasteiger partial charge in [0.2, 0.25) is 0 Å². The molecule has 4 heteroatoms. The summed E-state index contributed by atoms with van der Waals surface area (Å²) in [5.41, 5.74) is 0.735. The molecule has 14 heavy (non-hydrogen) atoms. The molecule has 0 aliphatic heterocycles. The van der Waals surface area contributed by atoms with Crippen LogP contribution >= 0.6 is 23.2 Å². The lowest BCUT2D eigenvalue weighted by Gasteiger charge is -2.23. The first-order chi connectivity index (χ1) is 6.56. The number of aromatic nitrogens is 1. The summed E-state index contributed by atoms with van der Waals surface area (Å²) in [4.78, 5) is 6.45. The first kappa shape index (κ1) is 11.6. The summed E-state index contributed by atoms with van der Waals surface area (Å²) in [5.74, 6) is 1.25. The second kappa shape index (κ2) is 4.85. The fourth-order valence-corrected chi connectivity index (χ4v) is 1.47. The van der Waals surface area contributed by atoms with Crippen molar-refractivity contribution >= 4 is 29.0 Å². The Balaban J connectivity index is 3.00. The van der Waals surface area contributed by atoms with E-state index in [1.165, 1.54) is 0 Å². The molecular formula is C10H14Cl2N2. The van der Waals surface area contributed by atoms with Gasteiger partial charge in [0.15, 0.2) is 0 Å². The molecule has 2 nitrogen and oxygen atoms in total. The van der Waals surface area contributed by atoms with E-state index < -0.39 is 0 Å². The first-order valence-corrected chi connectivity index (χ1v) is 5.41. The first-order valence-electron chi connectivity index (χ1n) is 4.50. The molecule has 0 unspecified atom stereocenters. The summed E-state index contributed by atoms with van der Waals surface area (Å²) in [7, 11) is 2.00. The lowest BCUT2D eigenvalue weighted by molar-refractivity contribution is 0.741. The van der Waals surface area contributed by atoms with Crippen LogP contribution in [0.1, 0.15) is 19.5 Å². The molecule has 0 saturated carbocycles. The molecule has 0 bridgehead atoms. The fraction of sp³-hybridized carbons (Fsp3) is 0.500. The number of rotatable bonds is 3. The van der Waals surface area contributed by atoms with Crippen molar-refractivity contribution in [2.75, 3.05) is 11.9 Å². The summed E-state index contributed by atoms with van der Waals surface area (Å²) in [6.07, 6.45) is 0. The summed E-state index contributed by atoms with van der Waals surface area (Å²) >= 11 is 11.6. The minimum Gasteiger partial charge on any atom is -0.357 e. The number of anilines is 1.